The molecule has 0 aliphatic rings. The van der Waals surface area contributed by atoms with Gasteiger partial charge in [-0.2, -0.15) is 0 Å². The van der Waals surface area contributed by atoms with E-state index in [0.717, 1.165) is 12.2 Å². The molecule has 0 atom stereocenters. The Kier molecular flexibility index (Phi) is 9.58. The van der Waals surface area contributed by atoms with Gasteiger partial charge in [-0.05, 0) is 16.6 Å². The summed E-state index contributed by atoms with van der Waals surface area (Å²) >= 11 is 0. The molecule has 6 nitrogen and oxygen atoms in total. The molecule has 0 aromatic carbocycles. The Morgan fingerprint density at radius 2 is 1.33 bits per heavy atom. The molecule has 0 saturated carbocycles. The summed E-state index contributed by atoms with van der Waals surface area (Å²) in [4.78, 5) is 34.4. The molecule has 0 aliphatic carbocycles. The molecule has 7 heteroatoms. The lowest BCUT2D eigenvalue weighted by atomic mass is 10.4. The average Bonchev–Trinajstić information content (AvgIpc) is 2.48. The highest BCUT2D eigenvalue weighted by Crippen LogP contribution is 2.42. The summed E-state index contributed by atoms with van der Waals surface area (Å²) in [5.41, 5.74) is 0.894. The Bertz CT molecular complexity index is 446. The number of esters is 2. The minimum atomic E-state index is -2.27. The third kappa shape index (κ3) is 6.47. The maximum absolute atomic E-state index is 12.2. The maximum Gasteiger partial charge on any atom is 0.331 e. The van der Waals surface area contributed by atoms with E-state index in [1.54, 1.807) is 0 Å². The molecular formula is C17H30O6Si. The molecule has 0 fully saturated rings. The van der Waals surface area contributed by atoms with Crippen LogP contribution in [-0.4, -0.2) is 39.9 Å². The van der Waals surface area contributed by atoms with Crippen molar-refractivity contribution in [2.75, 3.05) is 13.7 Å². The zero-order chi connectivity index (χ0) is 18.9. The van der Waals surface area contributed by atoms with Crippen LogP contribution in [0, 0.1) is 0 Å². The van der Waals surface area contributed by atoms with E-state index in [9.17, 15) is 14.4 Å². The second kappa shape index (κ2) is 10.3. The van der Waals surface area contributed by atoms with Crippen LogP contribution < -0.4 is 0 Å². The summed E-state index contributed by atoms with van der Waals surface area (Å²) in [5, 5.41) is 0. The second-order valence-corrected chi connectivity index (χ2v) is 11.9. The van der Waals surface area contributed by atoms with Gasteiger partial charge >= 0.3 is 11.9 Å². The molecule has 138 valence electrons. The normalized spacial score (nSPS) is 12.1. The number of hydrogen-bond acceptors (Lipinski definition) is 6. The van der Waals surface area contributed by atoms with Crippen LogP contribution in [0.2, 0.25) is 16.6 Å². The van der Waals surface area contributed by atoms with Crippen molar-refractivity contribution in [1.29, 1.82) is 0 Å². The van der Waals surface area contributed by atoms with Crippen LogP contribution >= 0.6 is 0 Å². The van der Waals surface area contributed by atoms with Crippen molar-refractivity contribution >= 4 is 26.2 Å². The summed E-state index contributed by atoms with van der Waals surface area (Å²) in [6.07, 6.45) is 1.93. The lowest BCUT2D eigenvalue weighted by Crippen LogP contribution is -2.49. The molecule has 0 radical (unpaired) electrons. The van der Waals surface area contributed by atoms with Crippen LogP contribution in [-0.2, 0) is 28.3 Å². The molecule has 0 amide bonds. The number of rotatable bonds is 9. The first-order valence-corrected chi connectivity index (χ1v) is 10.4. The second-order valence-electron chi connectivity index (χ2n) is 6.57. The van der Waals surface area contributed by atoms with Crippen LogP contribution in [0.5, 0.6) is 0 Å². The average molecular weight is 359 g/mol. The van der Waals surface area contributed by atoms with Gasteiger partial charge in [-0.1, -0.05) is 41.5 Å². The topological polar surface area (TPSA) is 78.9 Å². The Morgan fingerprint density at radius 1 is 0.875 bits per heavy atom. The Labute approximate surface area is 145 Å². The minimum Gasteiger partial charge on any atom is -0.518 e. The standard InChI is InChI=1S/C17H30O6Si/c1-12(2)24(13(3)4,14(5)6)23-17(20)10-11-22-16(19)9-8-15(18)21-7/h8-9,12-14H,10-11H2,1-7H3. The summed E-state index contributed by atoms with van der Waals surface area (Å²) < 4.78 is 15.2. The lowest BCUT2D eigenvalue weighted by Gasteiger charge is -2.41. The predicted octanol–water partition coefficient (Wildman–Crippen LogP) is 3.37. The van der Waals surface area contributed by atoms with Crippen LogP contribution in [0.4, 0.5) is 0 Å². The maximum atomic E-state index is 12.2. The Balaban J connectivity index is 4.59. The van der Waals surface area contributed by atoms with Crippen molar-refractivity contribution in [1.82, 2.24) is 0 Å². The van der Waals surface area contributed by atoms with E-state index < -0.39 is 20.3 Å². The molecule has 0 rings (SSSR count). The highest BCUT2D eigenvalue weighted by atomic mass is 28.4. The number of ether oxygens (including phenoxy) is 2. The highest BCUT2D eigenvalue weighted by Gasteiger charge is 2.48. The third-order valence-corrected chi connectivity index (χ3v) is 10.1. The molecule has 24 heavy (non-hydrogen) atoms. The molecule has 0 saturated heterocycles. The first kappa shape index (κ1) is 22.4. The highest BCUT2D eigenvalue weighted by molar-refractivity contribution is 6.78. The molecule has 0 N–H and O–H groups in total. The quantitative estimate of drug-likeness (QED) is 0.357. The summed E-state index contributed by atoms with van der Waals surface area (Å²) in [6.45, 7) is 12.5. The number of carbonyl (C=O) groups excluding carboxylic acids is 3. The van der Waals surface area contributed by atoms with Gasteiger partial charge in [0.1, 0.15) is 6.61 Å². The van der Waals surface area contributed by atoms with Gasteiger partial charge in [0.15, 0.2) is 0 Å². The fraction of sp³-hybridized carbons (Fsp3) is 0.706. The van der Waals surface area contributed by atoms with Gasteiger partial charge in [0, 0.05) is 12.2 Å². The third-order valence-electron chi connectivity index (χ3n) is 4.10. The van der Waals surface area contributed by atoms with E-state index in [1.165, 1.54) is 7.11 Å². The van der Waals surface area contributed by atoms with E-state index in [1.807, 2.05) is 0 Å². The van der Waals surface area contributed by atoms with Crippen molar-refractivity contribution in [3.63, 3.8) is 0 Å². The number of hydrogen-bond donors (Lipinski definition) is 0. The monoisotopic (exact) mass is 358 g/mol. The van der Waals surface area contributed by atoms with E-state index in [2.05, 4.69) is 46.3 Å². The van der Waals surface area contributed by atoms with Crippen molar-refractivity contribution in [3.05, 3.63) is 12.2 Å². The van der Waals surface area contributed by atoms with E-state index >= 15 is 0 Å². The molecule has 0 aliphatic heterocycles. The predicted molar refractivity (Wildman–Crippen MR) is 93.9 cm³/mol. The minimum absolute atomic E-state index is 0.00128. The molecule has 0 aromatic heterocycles. The van der Waals surface area contributed by atoms with Gasteiger partial charge in [0.2, 0.25) is 0 Å². The van der Waals surface area contributed by atoms with Crippen molar-refractivity contribution in [2.45, 2.75) is 64.6 Å². The zero-order valence-electron chi connectivity index (χ0n) is 15.8. The first-order chi connectivity index (χ1) is 11.1. The van der Waals surface area contributed by atoms with Gasteiger partial charge in [-0.15, -0.1) is 0 Å². The zero-order valence-corrected chi connectivity index (χ0v) is 16.8. The van der Waals surface area contributed by atoms with Crippen LogP contribution in [0.15, 0.2) is 12.2 Å². The Hall–Kier alpha value is -1.63. The number of methoxy groups -OCH3 is 1. The van der Waals surface area contributed by atoms with Crippen molar-refractivity contribution in [3.8, 4) is 0 Å². The molecule has 0 aromatic rings. The fourth-order valence-corrected chi connectivity index (χ4v) is 8.29. The smallest absolute Gasteiger partial charge is 0.331 e. The number of carbonyl (C=O) groups is 3. The van der Waals surface area contributed by atoms with Crippen LogP contribution in [0.25, 0.3) is 0 Å². The van der Waals surface area contributed by atoms with Crippen LogP contribution in [0.3, 0.4) is 0 Å². The van der Waals surface area contributed by atoms with Crippen molar-refractivity contribution < 1.29 is 28.3 Å². The largest absolute Gasteiger partial charge is 0.518 e. The van der Waals surface area contributed by atoms with E-state index in [-0.39, 0.29) is 19.0 Å². The SMILES string of the molecule is COC(=O)C=CC(=O)OCCC(=O)O[Si](C(C)C)(C(C)C)C(C)C. The summed E-state index contributed by atoms with van der Waals surface area (Å²) in [7, 11) is -1.06. The van der Waals surface area contributed by atoms with Gasteiger partial charge in [-0.25, -0.2) is 9.59 Å². The summed E-state index contributed by atoms with van der Waals surface area (Å²) in [6, 6.07) is 0. The van der Waals surface area contributed by atoms with Crippen molar-refractivity contribution in [2.24, 2.45) is 0 Å². The van der Waals surface area contributed by atoms with Gasteiger partial charge in [-0.3, -0.25) is 4.79 Å². The van der Waals surface area contributed by atoms with Gasteiger partial charge in [0.05, 0.1) is 13.5 Å². The molecule has 0 bridgehead atoms. The fourth-order valence-electron chi connectivity index (χ4n) is 3.09. The Morgan fingerprint density at radius 3 is 1.75 bits per heavy atom. The van der Waals surface area contributed by atoms with Gasteiger partial charge in [0.25, 0.3) is 14.3 Å². The first-order valence-electron chi connectivity index (χ1n) is 8.22. The van der Waals surface area contributed by atoms with Gasteiger partial charge < -0.3 is 13.9 Å². The van der Waals surface area contributed by atoms with Crippen LogP contribution in [0.1, 0.15) is 48.0 Å². The summed E-state index contributed by atoms with van der Waals surface area (Å²) in [5.74, 6) is -1.69. The molecular weight excluding hydrogens is 328 g/mol. The molecule has 0 unspecified atom stereocenters. The lowest BCUT2D eigenvalue weighted by molar-refractivity contribution is -0.143. The van der Waals surface area contributed by atoms with E-state index in [4.69, 9.17) is 9.16 Å². The molecule has 0 heterocycles. The van der Waals surface area contributed by atoms with E-state index in [0.29, 0.717) is 16.6 Å². The molecule has 0 spiro atoms.